The van der Waals surface area contributed by atoms with Gasteiger partial charge in [0.2, 0.25) is 0 Å². The largest absolute Gasteiger partial charge is 0.427 e. The summed E-state index contributed by atoms with van der Waals surface area (Å²) in [6, 6.07) is 3.62. The van der Waals surface area contributed by atoms with E-state index in [4.69, 9.17) is 26.4 Å². The number of pyridine rings is 2. The molecule has 0 spiro atoms. The lowest BCUT2D eigenvalue weighted by Gasteiger charge is -2.29. The lowest BCUT2D eigenvalue weighted by Crippen LogP contribution is -2.25. The molecule has 3 aromatic heterocycles. The molecular weight excluding hydrogens is 540 g/mol. The molecule has 10 nitrogen and oxygen atoms in total. The summed E-state index contributed by atoms with van der Waals surface area (Å²) < 4.78 is 27.2. The Kier molecular flexibility index (Phi) is 7.85. The molecule has 1 saturated heterocycles. The van der Waals surface area contributed by atoms with Crippen LogP contribution in [0.4, 0.5) is 4.79 Å². The van der Waals surface area contributed by atoms with Gasteiger partial charge >= 0.3 is 6.09 Å². The number of amides is 1. The molecule has 39 heavy (non-hydrogen) atoms. The quantitative estimate of drug-likeness (QED) is 0.384. The van der Waals surface area contributed by atoms with Gasteiger partial charge in [0.1, 0.15) is 15.7 Å². The van der Waals surface area contributed by atoms with Crippen LogP contribution in [0.2, 0.25) is 5.02 Å². The number of sulfone groups is 1. The first-order chi connectivity index (χ1) is 18.5. The fourth-order valence-corrected chi connectivity index (χ4v) is 7.00. The Balaban J connectivity index is 1.74. The summed E-state index contributed by atoms with van der Waals surface area (Å²) in [4.78, 5) is 31.0. The first kappa shape index (κ1) is 27.8. The third-order valence-corrected chi connectivity index (χ3v) is 8.95. The number of aromatic nitrogens is 4. The van der Waals surface area contributed by atoms with Crippen molar-refractivity contribution in [2.75, 3.05) is 12.0 Å². The van der Waals surface area contributed by atoms with Gasteiger partial charge in [-0.15, -0.1) is 5.48 Å². The number of nitrogens with one attached hydrogen (secondary N) is 2. The average Bonchev–Trinajstić information content (AvgIpc) is 3.46. The Morgan fingerprint density at radius 2 is 1.90 bits per heavy atom. The predicted octanol–water partition coefficient (Wildman–Crippen LogP) is 5.00. The number of hydrogen-bond acceptors (Lipinski definition) is 8. The van der Waals surface area contributed by atoms with Gasteiger partial charge in [0.15, 0.2) is 6.17 Å². The van der Waals surface area contributed by atoms with E-state index < -0.39 is 22.1 Å². The van der Waals surface area contributed by atoms with Crippen molar-refractivity contribution < 1.29 is 18.0 Å². The fraction of sp³-hybridized carbons (Fsp3) is 0.556. The second-order valence-corrected chi connectivity index (χ2v) is 14.0. The Labute approximate surface area is 233 Å². The number of imidazole rings is 1. The Morgan fingerprint density at radius 3 is 2.51 bits per heavy atom. The highest BCUT2D eigenvalue weighted by atomic mass is 35.5. The van der Waals surface area contributed by atoms with E-state index in [-0.39, 0.29) is 17.6 Å². The molecule has 1 aliphatic carbocycles. The van der Waals surface area contributed by atoms with Crippen molar-refractivity contribution in [2.45, 2.75) is 65.1 Å². The molecule has 2 fully saturated rings. The average molecular weight is 575 g/mol. The maximum absolute atomic E-state index is 12.5. The molecule has 0 aromatic carbocycles. The number of nitrogens with zero attached hydrogens (tertiary/aromatic N) is 4. The van der Waals surface area contributed by atoms with E-state index in [0.717, 1.165) is 30.7 Å². The Bertz CT molecular complexity index is 1480. The third kappa shape index (κ3) is 6.20. The standard InChI is InChI=1S/C27H35ClN6O4S/c1-15(2)20(14-39(4,36)37)26-31-21-10-22(25-32-27(35)38-33-25)30-23(18-9-19(28)12-29-11-18)24(21)34(26)13-17-7-5-16(3)6-8-17/h9-12,15-17,20,25,33H,5-8,13-14H2,1-4H3,(H,32,35). The van der Waals surface area contributed by atoms with E-state index in [9.17, 15) is 13.2 Å². The zero-order valence-electron chi connectivity index (χ0n) is 22.6. The van der Waals surface area contributed by atoms with Gasteiger partial charge in [-0.2, -0.15) is 0 Å². The first-order valence-corrected chi connectivity index (χ1v) is 15.8. The van der Waals surface area contributed by atoms with Crippen LogP contribution < -0.4 is 10.8 Å². The molecule has 2 atom stereocenters. The van der Waals surface area contributed by atoms with Gasteiger partial charge in [-0.25, -0.2) is 23.2 Å². The highest BCUT2D eigenvalue weighted by Crippen LogP contribution is 2.38. The van der Waals surface area contributed by atoms with Crippen LogP contribution in [0.5, 0.6) is 0 Å². The highest BCUT2D eigenvalue weighted by molar-refractivity contribution is 7.90. The van der Waals surface area contributed by atoms with Crippen molar-refractivity contribution in [3.05, 3.63) is 41.1 Å². The summed E-state index contributed by atoms with van der Waals surface area (Å²) in [7, 11) is -3.28. The Hall–Kier alpha value is -2.76. The van der Waals surface area contributed by atoms with Gasteiger partial charge in [0.25, 0.3) is 0 Å². The van der Waals surface area contributed by atoms with Gasteiger partial charge in [-0.05, 0) is 42.7 Å². The van der Waals surface area contributed by atoms with Crippen molar-refractivity contribution in [1.82, 2.24) is 30.3 Å². The normalized spacial score (nSPS) is 22.7. The first-order valence-electron chi connectivity index (χ1n) is 13.4. The summed E-state index contributed by atoms with van der Waals surface area (Å²) in [5.74, 6) is 1.61. The highest BCUT2D eigenvalue weighted by Gasteiger charge is 2.32. The van der Waals surface area contributed by atoms with Crippen LogP contribution in [-0.2, 0) is 21.2 Å². The monoisotopic (exact) mass is 574 g/mol. The number of rotatable bonds is 8. The summed E-state index contributed by atoms with van der Waals surface area (Å²) in [5.41, 5.74) is 5.96. The molecular formula is C27H35ClN6O4S. The number of halogens is 1. The van der Waals surface area contributed by atoms with E-state index in [0.29, 0.717) is 39.3 Å². The molecule has 5 rings (SSSR count). The molecule has 12 heteroatoms. The molecule has 1 saturated carbocycles. The molecule has 1 aliphatic heterocycles. The summed E-state index contributed by atoms with van der Waals surface area (Å²) >= 11 is 6.34. The van der Waals surface area contributed by atoms with Crippen molar-refractivity contribution in [2.24, 2.45) is 17.8 Å². The molecule has 0 bridgehead atoms. The molecule has 3 aromatic rings. The van der Waals surface area contributed by atoms with Gasteiger partial charge in [-0.3, -0.25) is 10.3 Å². The zero-order chi connectivity index (χ0) is 27.9. The summed E-state index contributed by atoms with van der Waals surface area (Å²) in [6.07, 6.45) is 7.82. The smallest absolute Gasteiger partial charge is 0.351 e. The Morgan fingerprint density at radius 1 is 1.15 bits per heavy atom. The number of carbonyl (C=O) groups excluding carboxylic acids is 1. The van der Waals surface area contributed by atoms with Crippen molar-refractivity contribution >= 4 is 38.6 Å². The fourth-order valence-electron chi connectivity index (χ4n) is 5.64. The minimum Gasteiger partial charge on any atom is -0.351 e. The maximum atomic E-state index is 12.5. The number of fused-ring (bicyclic) bond motifs is 1. The third-order valence-electron chi connectivity index (χ3n) is 7.77. The summed E-state index contributed by atoms with van der Waals surface area (Å²) in [6.45, 7) is 7.07. The second-order valence-electron chi connectivity index (χ2n) is 11.4. The van der Waals surface area contributed by atoms with E-state index >= 15 is 0 Å². The van der Waals surface area contributed by atoms with Crippen LogP contribution in [0, 0.1) is 17.8 Å². The number of hydroxylamine groups is 1. The minimum absolute atomic E-state index is 0.00188. The van der Waals surface area contributed by atoms with Crippen LogP contribution in [0.25, 0.3) is 22.3 Å². The van der Waals surface area contributed by atoms with Gasteiger partial charge in [0, 0.05) is 36.7 Å². The van der Waals surface area contributed by atoms with Crippen molar-refractivity contribution in [3.63, 3.8) is 0 Å². The molecule has 1 amide bonds. The molecule has 2 unspecified atom stereocenters. The SMILES string of the molecule is CC1CCC(Cn2c(C(CS(C)(=O)=O)C(C)C)nc3cc(C4NOC(=O)N4)nc(-c4cncc(Cl)c4)c32)CC1. The second kappa shape index (κ2) is 11.0. The van der Waals surface area contributed by atoms with Crippen molar-refractivity contribution in [3.8, 4) is 11.3 Å². The van der Waals surface area contributed by atoms with Crippen LogP contribution in [0.15, 0.2) is 24.5 Å². The van der Waals surface area contributed by atoms with Crippen LogP contribution >= 0.6 is 11.6 Å². The zero-order valence-corrected chi connectivity index (χ0v) is 24.2. The van der Waals surface area contributed by atoms with Gasteiger partial charge in [0.05, 0.1) is 33.2 Å². The van der Waals surface area contributed by atoms with E-state index in [1.165, 1.54) is 19.1 Å². The van der Waals surface area contributed by atoms with E-state index in [2.05, 4.69) is 27.3 Å². The topological polar surface area (TPSA) is 128 Å². The van der Waals surface area contributed by atoms with Crippen molar-refractivity contribution in [1.29, 1.82) is 0 Å². The van der Waals surface area contributed by atoms with E-state index in [1.807, 2.05) is 19.9 Å². The van der Waals surface area contributed by atoms with Crippen LogP contribution in [0.3, 0.4) is 0 Å². The van der Waals surface area contributed by atoms with Crippen LogP contribution in [-0.4, -0.2) is 46.0 Å². The minimum atomic E-state index is -3.28. The molecule has 2 N–H and O–H groups in total. The van der Waals surface area contributed by atoms with Crippen LogP contribution in [0.1, 0.15) is 70.1 Å². The summed E-state index contributed by atoms with van der Waals surface area (Å²) in [5, 5.41) is 3.16. The maximum Gasteiger partial charge on any atom is 0.427 e. The van der Waals surface area contributed by atoms with Gasteiger partial charge in [-0.1, -0.05) is 45.2 Å². The molecule has 4 heterocycles. The molecule has 2 aliphatic rings. The molecule has 210 valence electrons. The van der Waals surface area contributed by atoms with E-state index in [1.54, 1.807) is 18.5 Å². The van der Waals surface area contributed by atoms with Gasteiger partial charge < -0.3 is 9.40 Å². The lowest BCUT2D eigenvalue weighted by molar-refractivity contribution is 0.121. The number of carbonyl (C=O) groups is 1. The number of hydrogen-bond donors (Lipinski definition) is 2. The lowest BCUT2D eigenvalue weighted by atomic mass is 9.83. The predicted molar refractivity (Wildman–Crippen MR) is 150 cm³/mol. The molecule has 0 radical (unpaired) electrons.